The number of nitrogens with zero attached hydrogens (tertiary/aromatic N) is 3. The Hall–Kier alpha value is -3.40. The third-order valence-electron chi connectivity index (χ3n) is 5.24. The minimum atomic E-state index is 0.843. The van der Waals surface area contributed by atoms with Crippen molar-refractivity contribution in [2.24, 2.45) is 0 Å². The number of nitrogens with one attached hydrogen (secondary N) is 1. The van der Waals surface area contributed by atoms with Gasteiger partial charge in [-0.3, -0.25) is 0 Å². The quantitative estimate of drug-likeness (QED) is 0.330. The van der Waals surface area contributed by atoms with E-state index in [1.54, 1.807) is 6.20 Å². The van der Waals surface area contributed by atoms with Crippen molar-refractivity contribution in [1.82, 2.24) is 14.6 Å². The first-order valence-corrected chi connectivity index (χ1v) is 10.7. The van der Waals surface area contributed by atoms with E-state index in [0.29, 0.717) is 0 Å². The first-order valence-electron chi connectivity index (χ1n) is 10.7. The first kappa shape index (κ1) is 19.9. The molecule has 0 spiro atoms. The standard InChI is InChI=1S/C26H28N4/c1-2-3-5-11-22(18-21-9-6-4-7-10-21)20-28-24-13-8-12-23(19-24)25-14-16-27-26-15-17-29-30(25)26/h4,6-10,12-19,28H,2-3,5,11,20H2,1H3/b22-18+. The fourth-order valence-electron chi connectivity index (χ4n) is 3.66. The van der Waals surface area contributed by atoms with Gasteiger partial charge in [-0.2, -0.15) is 5.10 Å². The van der Waals surface area contributed by atoms with Crippen molar-refractivity contribution >= 4 is 17.4 Å². The van der Waals surface area contributed by atoms with Crippen LogP contribution in [0.15, 0.2) is 84.7 Å². The molecule has 152 valence electrons. The summed E-state index contributed by atoms with van der Waals surface area (Å²) >= 11 is 0. The van der Waals surface area contributed by atoms with Gasteiger partial charge < -0.3 is 5.32 Å². The van der Waals surface area contributed by atoms with E-state index in [9.17, 15) is 0 Å². The van der Waals surface area contributed by atoms with Gasteiger partial charge in [0.2, 0.25) is 0 Å². The van der Waals surface area contributed by atoms with Gasteiger partial charge >= 0.3 is 0 Å². The second-order valence-electron chi connectivity index (χ2n) is 7.54. The molecule has 4 heteroatoms. The van der Waals surface area contributed by atoms with Crippen LogP contribution < -0.4 is 5.32 Å². The molecule has 0 aliphatic heterocycles. The number of unbranched alkanes of at least 4 members (excludes halogenated alkanes) is 2. The lowest BCUT2D eigenvalue weighted by Gasteiger charge is -2.12. The summed E-state index contributed by atoms with van der Waals surface area (Å²) in [5, 5.41) is 8.04. The van der Waals surface area contributed by atoms with Crippen molar-refractivity contribution in [3.63, 3.8) is 0 Å². The van der Waals surface area contributed by atoms with Crippen molar-refractivity contribution in [2.75, 3.05) is 11.9 Å². The summed E-state index contributed by atoms with van der Waals surface area (Å²) in [4.78, 5) is 4.36. The normalized spacial score (nSPS) is 11.7. The van der Waals surface area contributed by atoms with Crippen molar-refractivity contribution in [1.29, 1.82) is 0 Å². The largest absolute Gasteiger partial charge is 0.381 e. The van der Waals surface area contributed by atoms with Crippen LogP contribution >= 0.6 is 0 Å². The maximum Gasteiger partial charge on any atom is 0.155 e. The highest BCUT2D eigenvalue weighted by Gasteiger charge is 2.06. The van der Waals surface area contributed by atoms with E-state index in [4.69, 9.17) is 0 Å². The molecular formula is C26H28N4. The fourth-order valence-corrected chi connectivity index (χ4v) is 3.66. The molecule has 0 saturated heterocycles. The van der Waals surface area contributed by atoms with Gasteiger partial charge in [-0.25, -0.2) is 9.50 Å². The molecule has 0 unspecified atom stereocenters. The molecule has 0 aliphatic carbocycles. The van der Waals surface area contributed by atoms with Gasteiger partial charge in [-0.05, 0) is 36.6 Å². The summed E-state index contributed by atoms with van der Waals surface area (Å²) in [6.45, 7) is 3.09. The maximum absolute atomic E-state index is 4.41. The predicted molar refractivity (Wildman–Crippen MR) is 125 cm³/mol. The highest BCUT2D eigenvalue weighted by molar-refractivity contribution is 5.67. The minimum absolute atomic E-state index is 0.843. The van der Waals surface area contributed by atoms with E-state index >= 15 is 0 Å². The van der Waals surface area contributed by atoms with Gasteiger partial charge in [0, 0.05) is 30.1 Å². The zero-order chi connectivity index (χ0) is 20.6. The van der Waals surface area contributed by atoms with E-state index in [0.717, 1.165) is 35.6 Å². The van der Waals surface area contributed by atoms with Crippen LogP contribution in [0.5, 0.6) is 0 Å². The molecule has 0 aliphatic rings. The third kappa shape index (κ3) is 4.95. The third-order valence-corrected chi connectivity index (χ3v) is 5.24. The van der Waals surface area contributed by atoms with Gasteiger partial charge in [-0.15, -0.1) is 0 Å². The Morgan fingerprint density at radius 2 is 1.87 bits per heavy atom. The molecule has 4 rings (SSSR count). The second-order valence-corrected chi connectivity index (χ2v) is 7.54. The van der Waals surface area contributed by atoms with Crippen LogP contribution in [-0.2, 0) is 0 Å². The molecule has 0 fully saturated rings. The molecular weight excluding hydrogens is 368 g/mol. The average Bonchev–Trinajstić information content (AvgIpc) is 3.27. The van der Waals surface area contributed by atoms with Gasteiger partial charge in [0.25, 0.3) is 0 Å². The summed E-state index contributed by atoms with van der Waals surface area (Å²) in [5.74, 6) is 0. The van der Waals surface area contributed by atoms with Gasteiger partial charge in [-0.1, -0.05) is 73.9 Å². The van der Waals surface area contributed by atoms with E-state index < -0.39 is 0 Å². The molecule has 0 atom stereocenters. The monoisotopic (exact) mass is 396 g/mol. The molecule has 2 aromatic carbocycles. The summed E-state index contributed by atoms with van der Waals surface area (Å²) in [5.41, 5.74) is 6.82. The molecule has 2 heterocycles. The SMILES string of the molecule is CCCCC/C(=C\c1ccccc1)CNc1cccc(-c2ccnc3ccnn23)c1. The number of anilines is 1. The highest BCUT2D eigenvalue weighted by atomic mass is 15.2. The zero-order valence-corrected chi connectivity index (χ0v) is 17.5. The van der Waals surface area contributed by atoms with E-state index in [2.05, 4.69) is 83.0 Å². The van der Waals surface area contributed by atoms with Crippen LogP contribution in [0.25, 0.3) is 23.0 Å². The van der Waals surface area contributed by atoms with Gasteiger partial charge in [0.15, 0.2) is 5.65 Å². The lowest BCUT2D eigenvalue weighted by molar-refractivity contribution is 0.711. The Morgan fingerprint density at radius 3 is 2.73 bits per heavy atom. The maximum atomic E-state index is 4.41. The first-order chi connectivity index (χ1) is 14.8. The van der Waals surface area contributed by atoms with E-state index in [1.165, 1.54) is 30.4 Å². The number of hydrogen-bond acceptors (Lipinski definition) is 3. The molecule has 4 nitrogen and oxygen atoms in total. The molecule has 0 bridgehead atoms. The second kappa shape index (κ2) is 9.88. The molecule has 2 aromatic heterocycles. The molecule has 0 saturated carbocycles. The summed E-state index contributed by atoms with van der Waals surface area (Å²) in [6, 6.07) is 23.0. The topological polar surface area (TPSA) is 42.2 Å². The Labute approximate surface area is 178 Å². The van der Waals surface area contributed by atoms with E-state index in [1.807, 2.05) is 22.8 Å². The Morgan fingerprint density at radius 1 is 0.967 bits per heavy atom. The Kier molecular flexibility index (Phi) is 6.55. The molecule has 30 heavy (non-hydrogen) atoms. The van der Waals surface area contributed by atoms with Gasteiger partial charge in [0.05, 0.1) is 11.9 Å². The summed E-state index contributed by atoms with van der Waals surface area (Å²) in [6.07, 6.45) is 10.8. The highest BCUT2D eigenvalue weighted by Crippen LogP contribution is 2.23. The minimum Gasteiger partial charge on any atom is -0.381 e. The number of benzene rings is 2. The zero-order valence-electron chi connectivity index (χ0n) is 17.5. The summed E-state index contributed by atoms with van der Waals surface area (Å²) < 4.78 is 1.88. The molecule has 0 amide bonds. The lowest BCUT2D eigenvalue weighted by atomic mass is 10.0. The summed E-state index contributed by atoms with van der Waals surface area (Å²) in [7, 11) is 0. The van der Waals surface area contributed by atoms with Crippen LogP contribution in [-0.4, -0.2) is 21.1 Å². The predicted octanol–water partition coefficient (Wildman–Crippen LogP) is 6.47. The lowest BCUT2D eigenvalue weighted by Crippen LogP contribution is -2.05. The van der Waals surface area contributed by atoms with Crippen LogP contribution in [0.4, 0.5) is 5.69 Å². The molecule has 0 radical (unpaired) electrons. The van der Waals surface area contributed by atoms with E-state index in [-0.39, 0.29) is 0 Å². The smallest absolute Gasteiger partial charge is 0.155 e. The van der Waals surface area contributed by atoms with Crippen LogP contribution in [0.2, 0.25) is 0 Å². The van der Waals surface area contributed by atoms with Crippen LogP contribution in [0.3, 0.4) is 0 Å². The number of hydrogen-bond donors (Lipinski definition) is 1. The average molecular weight is 397 g/mol. The molecule has 1 N–H and O–H groups in total. The van der Waals surface area contributed by atoms with Crippen molar-refractivity contribution < 1.29 is 0 Å². The Bertz CT molecular complexity index is 1110. The number of fused-ring (bicyclic) bond motifs is 1. The van der Waals surface area contributed by atoms with Gasteiger partial charge in [0.1, 0.15) is 0 Å². The van der Waals surface area contributed by atoms with Crippen molar-refractivity contribution in [2.45, 2.75) is 32.6 Å². The Balaban J connectivity index is 1.52. The number of aromatic nitrogens is 3. The fraction of sp³-hybridized carbons (Fsp3) is 0.231. The van der Waals surface area contributed by atoms with Crippen molar-refractivity contribution in [3.05, 3.63) is 90.3 Å². The van der Waals surface area contributed by atoms with Crippen LogP contribution in [0, 0.1) is 0 Å². The van der Waals surface area contributed by atoms with Crippen molar-refractivity contribution in [3.8, 4) is 11.3 Å². The number of rotatable bonds is 9. The molecule has 4 aromatic rings. The van der Waals surface area contributed by atoms with Crippen LogP contribution in [0.1, 0.15) is 38.2 Å².